The largest absolute Gasteiger partial charge is 0.480 e. The fourth-order valence-corrected chi connectivity index (χ4v) is 1.34. The van der Waals surface area contributed by atoms with Gasteiger partial charge in [-0.2, -0.15) is 0 Å². The molecule has 1 aliphatic rings. The van der Waals surface area contributed by atoms with E-state index >= 15 is 0 Å². The van der Waals surface area contributed by atoms with Gasteiger partial charge < -0.3 is 20.9 Å². The quantitative estimate of drug-likeness (QED) is 0.371. The predicted octanol–water partition coefficient (Wildman–Crippen LogP) is -1.49. The number of rotatable bonds is 7. The Hall–Kier alpha value is -1.47. The number of aliphatic carboxylic acids is 1. The summed E-state index contributed by atoms with van der Waals surface area (Å²) in [7, 11) is 0. The van der Waals surface area contributed by atoms with Gasteiger partial charge in [0.25, 0.3) is 0 Å². The summed E-state index contributed by atoms with van der Waals surface area (Å²) in [6, 6.07) is -1.06. The minimum absolute atomic E-state index is 0.0312. The summed E-state index contributed by atoms with van der Waals surface area (Å²) < 4.78 is 4.96. The molecule has 1 amide bonds. The second-order valence-electron chi connectivity index (χ2n) is 3.87. The second-order valence-corrected chi connectivity index (χ2v) is 3.87. The standard InChI is InChI=1S/C10H16N2O5/c11-7(10(15)16)5-17-4-3-12-9(14)6-1-2-8(6)13/h6-7H,1-5,11H2,(H,12,14)(H,15,16). The lowest BCUT2D eigenvalue weighted by atomic mass is 9.83. The molecule has 96 valence electrons. The SMILES string of the molecule is NC(COCCNC(=O)C1CCC1=O)C(=O)O. The molecule has 1 aliphatic carbocycles. The Morgan fingerprint density at radius 1 is 1.59 bits per heavy atom. The Morgan fingerprint density at radius 2 is 2.29 bits per heavy atom. The molecule has 2 unspecified atom stereocenters. The van der Waals surface area contributed by atoms with Gasteiger partial charge in [-0.25, -0.2) is 0 Å². The Balaban J connectivity index is 2.02. The summed E-state index contributed by atoms with van der Waals surface area (Å²) in [5.41, 5.74) is 5.20. The van der Waals surface area contributed by atoms with Crippen molar-refractivity contribution in [3.05, 3.63) is 0 Å². The van der Waals surface area contributed by atoms with E-state index in [9.17, 15) is 14.4 Å². The molecule has 0 aromatic heterocycles. The number of carboxylic acids is 1. The number of ether oxygens (including phenoxy) is 1. The van der Waals surface area contributed by atoms with E-state index < -0.39 is 17.9 Å². The number of nitrogens with one attached hydrogen (secondary N) is 1. The van der Waals surface area contributed by atoms with Gasteiger partial charge in [0.05, 0.1) is 19.1 Å². The van der Waals surface area contributed by atoms with E-state index in [1.54, 1.807) is 0 Å². The molecule has 7 heteroatoms. The number of amides is 1. The van der Waals surface area contributed by atoms with Crippen LogP contribution in [0.4, 0.5) is 0 Å². The van der Waals surface area contributed by atoms with Crippen LogP contribution in [0, 0.1) is 5.92 Å². The van der Waals surface area contributed by atoms with Gasteiger partial charge in [-0.3, -0.25) is 14.4 Å². The van der Waals surface area contributed by atoms with Crippen molar-refractivity contribution in [3.8, 4) is 0 Å². The number of hydrogen-bond acceptors (Lipinski definition) is 5. The maximum Gasteiger partial charge on any atom is 0.322 e. The van der Waals surface area contributed by atoms with Crippen molar-refractivity contribution in [2.75, 3.05) is 19.8 Å². The number of hydrogen-bond donors (Lipinski definition) is 3. The Bertz CT molecular complexity index is 318. The number of Topliss-reactive ketones (excluding diaryl/α,β-unsaturated/α-hetero) is 1. The molecule has 1 rings (SSSR count). The second kappa shape index (κ2) is 6.31. The summed E-state index contributed by atoms with van der Waals surface area (Å²) in [6.07, 6.45) is 1.08. The van der Waals surface area contributed by atoms with Crippen molar-refractivity contribution in [1.29, 1.82) is 0 Å². The first-order chi connectivity index (χ1) is 8.02. The Kier molecular flexibility index (Phi) is 5.05. The highest BCUT2D eigenvalue weighted by Crippen LogP contribution is 2.21. The van der Waals surface area contributed by atoms with E-state index in [0.29, 0.717) is 12.8 Å². The molecule has 17 heavy (non-hydrogen) atoms. The first-order valence-corrected chi connectivity index (χ1v) is 5.39. The Labute approximate surface area is 98.3 Å². The van der Waals surface area contributed by atoms with Crippen LogP contribution in [0.25, 0.3) is 0 Å². The van der Waals surface area contributed by atoms with Crippen molar-refractivity contribution in [3.63, 3.8) is 0 Å². The number of carboxylic acid groups (broad SMARTS) is 1. The summed E-state index contributed by atoms with van der Waals surface area (Å²) >= 11 is 0. The normalized spacial score (nSPS) is 20.5. The predicted molar refractivity (Wildman–Crippen MR) is 57.2 cm³/mol. The minimum atomic E-state index is -1.13. The average molecular weight is 244 g/mol. The fraction of sp³-hybridized carbons (Fsp3) is 0.700. The van der Waals surface area contributed by atoms with E-state index in [4.69, 9.17) is 15.6 Å². The summed E-state index contributed by atoms with van der Waals surface area (Å²) in [5.74, 6) is -1.95. The number of nitrogens with two attached hydrogens (primary N) is 1. The summed E-state index contributed by atoms with van der Waals surface area (Å²) in [5, 5.41) is 11.0. The molecule has 0 saturated heterocycles. The van der Waals surface area contributed by atoms with E-state index in [-0.39, 0.29) is 31.4 Å². The van der Waals surface area contributed by atoms with Gasteiger partial charge in [0.1, 0.15) is 11.8 Å². The van der Waals surface area contributed by atoms with Gasteiger partial charge in [0.2, 0.25) is 5.91 Å². The molecule has 0 aliphatic heterocycles. The van der Waals surface area contributed by atoms with E-state index in [1.165, 1.54) is 0 Å². The lowest BCUT2D eigenvalue weighted by Gasteiger charge is -2.22. The molecular formula is C10H16N2O5. The molecule has 4 N–H and O–H groups in total. The van der Waals surface area contributed by atoms with Crippen LogP contribution in [0.2, 0.25) is 0 Å². The average Bonchev–Trinajstić information content (AvgIpc) is 2.26. The number of carbonyl (C=O) groups excluding carboxylic acids is 2. The molecule has 2 atom stereocenters. The monoisotopic (exact) mass is 244 g/mol. The molecule has 0 aromatic carbocycles. The van der Waals surface area contributed by atoms with Gasteiger partial charge in [0, 0.05) is 13.0 Å². The van der Waals surface area contributed by atoms with E-state index in [1.807, 2.05) is 0 Å². The summed E-state index contributed by atoms with van der Waals surface area (Å²) in [4.78, 5) is 32.6. The third-order valence-corrected chi connectivity index (χ3v) is 2.54. The summed E-state index contributed by atoms with van der Waals surface area (Å²) in [6.45, 7) is 0.316. The molecule has 0 heterocycles. The van der Waals surface area contributed by atoms with Crippen LogP contribution >= 0.6 is 0 Å². The molecule has 0 aromatic rings. The molecule has 1 fully saturated rings. The molecule has 0 spiro atoms. The van der Waals surface area contributed by atoms with E-state index in [2.05, 4.69) is 5.32 Å². The highest BCUT2D eigenvalue weighted by Gasteiger charge is 2.34. The van der Waals surface area contributed by atoms with Crippen LogP contribution in [0.1, 0.15) is 12.8 Å². The maximum atomic E-state index is 11.3. The van der Waals surface area contributed by atoms with E-state index in [0.717, 1.165) is 0 Å². The highest BCUT2D eigenvalue weighted by molar-refractivity contribution is 6.05. The van der Waals surface area contributed by atoms with Crippen LogP contribution < -0.4 is 11.1 Å². The fourth-order valence-electron chi connectivity index (χ4n) is 1.34. The van der Waals surface area contributed by atoms with Gasteiger partial charge in [0.15, 0.2) is 0 Å². The lowest BCUT2D eigenvalue weighted by Crippen LogP contribution is -2.42. The van der Waals surface area contributed by atoms with Crippen LogP contribution in [-0.2, 0) is 19.1 Å². The first-order valence-electron chi connectivity index (χ1n) is 5.39. The topological polar surface area (TPSA) is 119 Å². The maximum absolute atomic E-state index is 11.3. The van der Waals surface area contributed by atoms with Crippen LogP contribution in [-0.4, -0.2) is 48.6 Å². The number of ketones is 1. The third kappa shape index (κ3) is 4.12. The zero-order valence-corrected chi connectivity index (χ0v) is 9.35. The zero-order valence-electron chi connectivity index (χ0n) is 9.35. The molecule has 0 bridgehead atoms. The van der Waals surface area contributed by atoms with Gasteiger partial charge >= 0.3 is 5.97 Å². The van der Waals surface area contributed by atoms with Crippen molar-refractivity contribution < 1.29 is 24.2 Å². The van der Waals surface area contributed by atoms with Gasteiger partial charge in [-0.15, -0.1) is 0 Å². The lowest BCUT2D eigenvalue weighted by molar-refractivity contribution is -0.141. The van der Waals surface area contributed by atoms with Crippen molar-refractivity contribution in [2.45, 2.75) is 18.9 Å². The van der Waals surface area contributed by atoms with Gasteiger partial charge in [-0.1, -0.05) is 0 Å². The van der Waals surface area contributed by atoms with Gasteiger partial charge in [-0.05, 0) is 6.42 Å². The first kappa shape index (κ1) is 13.6. The van der Waals surface area contributed by atoms with Crippen molar-refractivity contribution in [1.82, 2.24) is 5.32 Å². The van der Waals surface area contributed by atoms with Crippen LogP contribution in [0.15, 0.2) is 0 Å². The van der Waals surface area contributed by atoms with Crippen LogP contribution in [0.3, 0.4) is 0 Å². The molecular weight excluding hydrogens is 228 g/mol. The highest BCUT2D eigenvalue weighted by atomic mass is 16.5. The number of carbonyl (C=O) groups is 3. The zero-order chi connectivity index (χ0) is 12.8. The molecule has 1 saturated carbocycles. The van der Waals surface area contributed by atoms with Crippen LogP contribution in [0.5, 0.6) is 0 Å². The molecule has 7 nitrogen and oxygen atoms in total. The Morgan fingerprint density at radius 3 is 2.76 bits per heavy atom. The van der Waals surface area contributed by atoms with Crippen molar-refractivity contribution >= 4 is 17.7 Å². The smallest absolute Gasteiger partial charge is 0.322 e. The third-order valence-electron chi connectivity index (χ3n) is 2.54. The molecule has 0 radical (unpaired) electrons. The minimum Gasteiger partial charge on any atom is -0.480 e. The van der Waals surface area contributed by atoms with Crippen molar-refractivity contribution in [2.24, 2.45) is 11.7 Å².